The van der Waals surface area contributed by atoms with Gasteiger partial charge in [0.15, 0.2) is 5.78 Å². The molecular weight excluding hydrogens is 244 g/mol. The van der Waals surface area contributed by atoms with Crippen molar-refractivity contribution in [3.05, 3.63) is 23.0 Å². The van der Waals surface area contributed by atoms with Gasteiger partial charge in [-0.1, -0.05) is 0 Å². The second kappa shape index (κ2) is 6.12. The molecule has 0 amide bonds. The topological polar surface area (TPSA) is 60.5 Å². The van der Waals surface area contributed by atoms with Crippen LogP contribution >= 0.6 is 0 Å². The Labute approximate surface area is 113 Å². The largest absolute Gasteiger partial charge is 0.496 e. The first kappa shape index (κ1) is 14.0. The van der Waals surface area contributed by atoms with Crippen LogP contribution in [-0.4, -0.2) is 43.7 Å². The predicted molar refractivity (Wildman–Crippen MR) is 71.6 cm³/mol. The fraction of sp³-hybridized carbons (Fsp3) is 0.571. The zero-order valence-corrected chi connectivity index (χ0v) is 11.7. The first-order chi connectivity index (χ1) is 9.13. The number of ketones is 1. The maximum absolute atomic E-state index is 12.2. The van der Waals surface area contributed by atoms with Crippen molar-refractivity contribution < 1.29 is 14.3 Å². The van der Waals surface area contributed by atoms with Crippen molar-refractivity contribution in [3.63, 3.8) is 0 Å². The van der Waals surface area contributed by atoms with E-state index in [4.69, 9.17) is 9.47 Å². The van der Waals surface area contributed by atoms with Crippen LogP contribution in [0.5, 0.6) is 5.75 Å². The Morgan fingerprint density at radius 2 is 2.37 bits per heavy atom. The van der Waals surface area contributed by atoms with Gasteiger partial charge in [0, 0.05) is 30.4 Å². The average Bonchev–Trinajstić information content (AvgIpc) is 2.43. The second-order valence-corrected chi connectivity index (χ2v) is 4.75. The van der Waals surface area contributed by atoms with E-state index in [9.17, 15) is 4.79 Å². The Morgan fingerprint density at radius 3 is 3.00 bits per heavy atom. The lowest BCUT2D eigenvalue weighted by atomic mass is 10.0. The number of morpholine rings is 1. The van der Waals surface area contributed by atoms with E-state index in [1.54, 1.807) is 13.3 Å². The zero-order valence-electron chi connectivity index (χ0n) is 11.7. The third-order valence-corrected chi connectivity index (χ3v) is 3.38. The summed E-state index contributed by atoms with van der Waals surface area (Å²) in [6.45, 7) is 5.85. The number of rotatable bonds is 4. The standard InChI is InChI=1S/C14H20N2O3/c1-9-7-16-11(10(2)14(9)18-3)6-12(17)13-8-15-4-5-19-13/h7,13,15H,4-6,8H2,1-3H3. The number of methoxy groups -OCH3 is 1. The molecule has 1 aliphatic heterocycles. The van der Waals surface area contributed by atoms with E-state index in [0.29, 0.717) is 13.2 Å². The van der Waals surface area contributed by atoms with Gasteiger partial charge in [-0.2, -0.15) is 0 Å². The fourth-order valence-corrected chi connectivity index (χ4v) is 2.30. The lowest BCUT2D eigenvalue weighted by molar-refractivity contribution is -0.131. The molecule has 19 heavy (non-hydrogen) atoms. The van der Waals surface area contributed by atoms with Gasteiger partial charge in [-0.25, -0.2) is 0 Å². The monoisotopic (exact) mass is 264 g/mol. The molecule has 1 aromatic rings. The number of hydrogen-bond acceptors (Lipinski definition) is 5. The third kappa shape index (κ3) is 3.11. The van der Waals surface area contributed by atoms with Gasteiger partial charge in [0.1, 0.15) is 11.9 Å². The molecule has 1 aliphatic rings. The fourth-order valence-electron chi connectivity index (χ4n) is 2.30. The molecule has 5 nitrogen and oxygen atoms in total. The summed E-state index contributed by atoms with van der Waals surface area (Å²) in [5, 5.41) is 3.16. The van der Waals surface area contributed by atoms with Crippen molar-refractivity contribution in [1.82, 2.24) is 10.3 Å². The molecule has 1 aromatic heterocycles. The Bertz CT molecular complexity index is 468. The number of hydrogen-bond donors (Lipinski definition) is 1. The van der Waals surface area contributed by atoms with Crippen LogP contribution in [0.1, 0.15) is 16.8 Å². The minimum absolute atomic E-state index is 0.0636. The molecule has 5 heteroatoms. The van der Waals surface area contributed by atoms with Crippen LogP contribution in [-0.2, 0) is 16.0 Å². The van der Waals surface area contributed by atoms with Crippen LogP contribution in [0.15, 0.2) is 6.20 Å². The summed E-state index contributed by atoms with van der Waals surface area (Å²) < 4.78 is 10.8. The number of carbonyl (C=O) groups excluding carboxylic acids is 1. The van der Waals surface area contributed by atoms with E-state index < -0.39 is 0 Å². The molecule has 1 unspecified atom stereocenters. The molecule has 2 heterocycles. The lowest BCUT2D eigenvalue weighted by Crippen LogP contribution is -2.43. The number of Topliss-reactive ketones (excluding diaryl/α,β-unsaturated/α-hetero) is 1. The van der Waals surface area contributed by atoms with Crippen LogP contribution in [0.3, 0.4) is 0 Å². The van der Waals surface area contributed by atoms with Gasteiger partial charge in [-0.3, -0.25) is 9.78 Å². The molecule has 1 N–H and O–H groups in total. The van der Waals surface area contributed by atoms with E-state index in [-0.39, 0.29) is 18.3 Å². The normalized spacial score (nSPS) is 19.2. The van der Waals surface area contributed by atoms with Gasteiger partial charge in [0.05, 0.1) is 25.8 Å². The van der Waals surface area contributed by atoms with Gasteiger partial charge in [0.2, 0.25) is 0 Å². The van der Waals surface area contributed by atoms with Crippen molar-refractivity contribution in [1.29, 1.82) is 0 Å². The first-order valence-electron chi connectivity index (χ1n) is 6.47. The van der Waals surface area contributed by atoms with Gasteiger partial charge in [-0.15, -0.1) is 0 Å². The van der Waals surface area contributed by atoms with Crippen LogP contribution in [0, 0.1) is 13.8 Å². The van der Waals surface area contributed by atoms with Crippen LogP contribution in [0.2, 0.25) is 0 Å². The highest BCUT2D eigenvalue weighted by atomic mass is 16.5. The number of nitrogens with zero attached hydrogens (tertiary/aromatic N) is 1. The molecule has 0 aliphatic carbocycles. The minimum Gasteiger partial charge on any atom is -0.496 e. The summed E-state index contributed by atoms with van der Waals surface area (Å²) in [4.78, 5) is 16.5. The summed E-state index contributed by atoms with van der Waals surface area (Å²) in [5.41, 5.74) is 2.67. The van der Waals surface area contributed by atoms with Crippen LogP contribution in [0.4, 0.5) is 0 Å². The van der Waals surface area contributed by atoms with Crippen molar-refractivity contribution in [3.8, 4) is 5.75 Å². The van der Waals surface area contributed by atoms with Gasteiger partial charge < -0.3 is 14.8 Å². The van der Waals surface area contributed by atoms with Crippen molar-refractivity contribution >= 4 is 5.78 Å². The van der Waals surface area contributed by atoms with Gasteiger partial charge in [-0.05, 0) is 13.8 Å². The van der Waals surface area contributed by atoms with Crippen LogP contribution in [0.25, 0.3) is 0 Å². The predicted octanol–water partition coefficient (Wildman–Crippen LogP) is 0.807. The van der Waals surface area contributed by atoms with Gasteiger partial charge in [0.25, 0.3) is 0 Å². The van der Waals surface area contributed by atoms with E-state index >= 15 is 0 Å². The SMILES string of the molecule is COc1c(C)cnc(CC(=O)C2CNCCO2)c1C. The summed E-state index contributed by atoms with van der Waals surface area (Å²) in [5.74, 6) is 0.870. The number of ether oxygens (including phenoxy) is 2. The smallest absolute Gasteiger partial charge is 0.168 e. The molecular formula is C14H20N2O3. The molecule has 2 rings (SSSR count). The summed E-state index contributed by atoms with van der Waals surface area (Å²) in [6.07, 6.45) is 1.67. The molecule has 1 atom stereocenters. The number of aryl methyl sites for hydroxylation is 1. The number of pyridine rings is 1. The van der Waals surface area contributed by atoms with E-state index in [0.717, 1.165) is 29.1 Å². The highest BCUT2D eigenvalue weighted by Crippen LogP contribution is 2.24. The minimum atomic E-state index is -0.359. The number of carbonyl (C=O) groups is 1. The zero-order chi connectivity index (χ0) is 13.8. The van der Waals surface area contributed by atoms with Crippen molar-refractivity contribution in [2.24, 2.45) is 0 Å². The molecule has 0 spiro atoms. The second-order valence-electron chi connectivity index (χ2n) is 4.75. The Hall–Kier alpha value is -1.46. The van der Waals surface area contributed by atoms with Crippen LogP contribution < -0.4 is 10.1 Å². The van der Waals surface area contributed by atoms with Crippen molar-refractivity contribution in [2.45, 2.75) is 26.4 Å². The first-order valence-corrected chi connectivity index (χ1v) is 6.47. The summed E-state index contributed by atoms with van der Waals surface area (Å²) >= 11 is 0. The molecule has 0 saturated carbocycles. The average molecular weight is 264 g/mol. The number of nitrogens with one attached hydrogen (secondary N) is 1. The highest BCUT2D eigenvalue weighted by molar-refractivity contribution is 5.85. The summed E-state index contributed by atoms with van der Waals surface area (Å²) in [7, 11) is 1.63. The summed E-state index contributed by atoms with van der Waals surface area (Å²) in [6, 6.07) is 0. The van der Waals surface area contributed by atoms with Crippen molar-refractivity contribution in [2.75, 3.05) is 26.8 Å². The van der Waals surface area contributed by atoms with E-state index in [2.05, 4.69) is 10.3 Å². The Morgan fingerprint density at radius 1 is 1.58 bits per heavy atom. The third-order valence-electron chi connectivity index (χ3n) is 3.38. The molecule has 0 aromatic carbocycles. The maximum atomic E-state index is 12.2. The molecule has 1 fully saturated rings. The van der Waals surface area contributed by atoms with E-state index in [1.807, 2.05) is 13.8 Å². The Balaban J connectivity index is 2.12. The Kier molecular flexibility index (Phi) is 4.50. The molecule has 1 saturated heterocycles. The maximum Gasteiger partial charge on any atom is 0.168 e. The van der Waals surface area contributed by atoms with Gasteiger partial charge >= 0.3 is 0 Å². The number of aromatic nitrogens is 1. The lowest BCUT2D eigenvalue weighted by Gasteiger charge is -2.22. The molecule has 0 bridgehead atoms. The highest BCUT2D eigenvalue weighted by Gasteiger charge is 2.23. The molecule has 104 valence electrons. The molecule has 0 radical (unpaired) electrons. The quantitative estimate of drug-likeness (QED) is 0.872. The van der Waals surface area contributed by atoms with E-state index in [1.165, 1.54) is 0 Å².